The summed E-state index contributed by atoms with van der Waals surface area (Å²) in [7, 11) is 0. The van der Waals surface area contributed by atoms with Gasteiger partial charge < -0.3 is 57.3 Å². The fourth-order valence-electron chi connectivity index (χ4n) is 6.53. The number of nitrogens with two attached hydrogens (primary N) is 2. The Morgan fingerprint density at radius 2 is 1.52 bits per heavy atom. The predicted molar refractivity (Wildman–Crippen MR) is 234 cm³/mol. The summed E-state index contributed by atoms with van der Waals surface area (Å²) < 4.78 is 5.82. The molecule has 3 rings (SSSR count). The van der Waals surface area contributed by atoms with Crippen molar-refractivity contribution >= 4 is 41.1 Å². The first kappa shape index (κ1) is 50.7. The lowest BCUT2D eigenvalue weighted by Crippen LogP contribution is -2.50. The Balaban J connectivity index is 1.74. The lowest BCUT2D eigenvalue weighted by atomic mass is 9.95. The van der Waals surface area contributed by atoms with Gasteiger partial charge in [0.2, 0.25) is 0 Å². The molecule has 17 nitrogen and oxygen atoms in total. The summed E-state index contributed by atoms with van der Waals surface area (Å²) in [6, 6.07) is 14.7. The molecule has 0 radical (unpaired) electrons. The van der Waals surface area contributed by atoms with Crippen LogP contribution in [0.4, 0.5) is 16.4 Å². The number of aliphatic hydroxyl groups excluding tert-OH is 5. The maximum atomic E-state index is 13.7. The molecule has 11 N–H and O–H groups in total. The summed E-state index contributed by atoms with van der Waals surface area (Å²) in [5.41, 5.74) is 13.8. The molecule has 1 aromatic heterocycles. The molecule has 0 aliphatic carbocycles. The molecule has 3 amide bonds. The SMILES string of the molecule is CCCCCCN(CCNC(=O)c1ccc(CN(C[C@H](CNC(=O)c2nc(Cl)c(N)nc2N)Cc2ccccc2C)C(=O)OC(C)(C)C)cc1)C[C@@H](O)[C@@H](O)[C@H](O)[C@H](O)CO. The number of aromatic nitrogens is 2. The van der Waals surface area contributed by atoms with E-state index in [1.54, 1.807) is 49.9 Å². The van der Waals surface area contributed by atoms with Crippen LogP contribution < -0.4 is 22.1 Å². The van der Waals surface area contributed by atoms with Crippen molar-refractivity contribution in [1.29, 1.82) is 0 Å². The van der Waals surface area contributed by atoms with Crippen LogP contribution in [0.15, 0.2) is 48.5 Å². The van der Waals surface area contributed by atoms with E-state index in [-0.39, 0.29) is 67.0 Å². The molecule has 18 heteroatoms. The van der Waals surface area contributed by atoms with Crippen LogP contribution >= 0.6 is 11.6 Å². The molecule has 61 heavy (non-hydrogen) atoms. The van der Waals surface area contributed by atoms with E-state index in [0.717, 1.165) is 42.4 Å². The lowest BCUT2D eigenvalue weighted by molar-refractivity contribution is -0.119. The zero-order chi connectivity index (χ0) is 45.3. The molecule has 2 aromatic carbocycles. The fourth-order valence-corrected chi connectivity index (χ4v) is 6.65. The summed E-state index contributed by atoms with van der Waals surface area (Å²) in [5, 5.41) is 55.5. The maximum Gasteiger partial charge on any atom is 0.410 e. The molecule has 0 fully saturated rings. The minimum absolute atomic E-state index is 0.0276. The number of carbonyl (C=O) groups excluding carboxylic acids is 3. The molecule has 0 unspecified atom stereocenters. The zero-order valence-corrected chi connectivity index (χ0v) is 36.6. The minimum atomic E-state index is -1.73. The highest BCUT2D eigenvalue weighted by atomic mass is 35.5. The third kappa shape index (κ3) is 17.0. The Morgan fingerprint density at radius 1 is 0.852 bits per heavy atom. The number of ether oxygens (including phenoxy) is 1. The number of amides is 3. The van der Waals surface area contributed by atoms with Gasteiger partial charge in [-0.05, 0) is 81.8 Å². The van der Waals surface area contributed by atoms with Gasteiger partial charge in [0.1, 0.15) is 23.9 Å². The average molecular weight is 873 g/mol. The van der Waals surface area contributed by atoms with Crippen LogP contribution in [0.2, 0.25) is 5.15 Å². The Bertz CT molecular complexity index is 1850. The van der Waals surface area contributed by atoms with Gasteiger partial charge in [-0.1, -0.05) is 74.2 Å². The largest absolute Gasteiger partial charge is 0.444 e. The van der Waals surface area contributed by atoms with E-state index in [4.69, 9.17) is 32.9 Å². The number of aliphatic hydroxyl groups is 5. The average Bonchev–Trinajstić information content (AvgIpc) is 3.21. The number of rotatable bonds is 24. The summed E-state index contributed by atoms with van der Waals surface area (Å²) in [5.74, 6) is -1.53. The number of benzene rings is 2. The third-order valence-electron chi connectivity index (χ3n) is 9.97. The van der Waals surface area contributed by atoms with Crippen molar-refractivity contribution in [2.24, 2.45) is 5.92 Å². The number of aryl methyl sites for hydroxylation is 1. The van der Waals surface area contributed by atoms with Crippen molar-refractivity contribution in [3.8, 4) is 0 Å². The Hall–Kier alpha value is -4.62. The van der Waals surface area contributed by atoms with Crippen LogP contribution in [-0.4, -0.2) is 139 Å². The van der Waals surface area contributed by atoms with Gasteiger partial charge in [-0.2, -0.15) is 0 Å². The summed E-state index contributed by atoms with van der Waals surface area (Å²) >= 11 is 6.03. The number of carbonyl (C=O) groups is 3. The van der Waals surface area contributed by atoms with Gasteiger partial charge in [0.15, 0.2) is 22.5 Å². The Labute approximate surface area is 363 Å². The van der Waals surface area contributed by atoms with Gasteiger partial charge >= 0.3 is 6.09 Å². The summed E-state index contributed by atoms with van der Waals surface area (Å²) in [6.07, 6.45) is -2.66. The molecule has 1 heterocycles. The molecular weight excluding hydrogens is 808 g/mol. The van der Waals surface area contributed by atoms with Crippen molar-refractivity contribution < 1.29 is 44.7 Å². The van der Waals surface area contributed by atoms with Gasteiger partial charge in [0.25, 0.3) is 11.8 Å². The van der Waals surface area contributed by atoms with Crippen molar-refractivity contribution in [2.45, 2.75) is 103 Å². The van der Waals surface area contributed by atoms with E-state index in [9.17, 15) is 34.8 Å². The van der Waals surface area contributed by atoms with Crippen molar-refractivity contribution in [3.05, 3.63) is 81.6 Å². The molecule has 5 atom stereocenters. The van der Waals surface area contributed by atoms with Crippen molar-refractivity contribution in [2.75, 3.05) is 57.3 Å². The van der Waals surface area contributed by atoms with Crippen molar-refractivity contribution in [3.63, 3.8) is 0 Å². The zero-order valence-electron chi connectivity index (χ0n) is 35.9. The van der Waals surface area contributed by atoms with E-state index < -0.39 is 48.6 Å². The quantitative estimate of drug-likeness (QED) is 0.0586. The molecule has 0 saturated carbocycles. The highest BCUT2D eigenvalue weighted by Gasteiger charge is 2.31. The second-order valence-electron chi connectivity index (χ2n) is 16.3. The van der Waals surface area contributed by atoms with Crippen LogP contribution in [0.5, 0.6) is 0 Å². The third-order valence-corrected chi connectivity index (χ3v) is 10.3. The van der Waals surface area contributed by atoms with Crippen LogP contribution in [0.3, 0.4) is 0 Å². The van der Waals surface area contributed by atoms with E-state index in [2.05, 4.69) is 27.5 Å². The Kier molecular flexibility index (Phi) is 20.6. The van der Waals surface area contributed by atoms with E-state index in [1.165, 1.54) is 0 Å². The van der Waals surface area contributed by atoms with Gasteiger partial charge in [-0.25, -0.2) is 14.8 Å². The number of nitrogens with one attached hydrogen (secondary N) is 2. The lowest BCUT2D eigenvalue weighted by Gasteiger charge is -2.31. The highest BCUT2D eigenvalue weighted by molar-refractivity contribution is 6.31. The first-order valence-electron chi connectivity index (χ1n) is 20.6. The van der Waals surface area contributed by atoms with E-state index >= 15 is 0 Å². The molecule has 338 valence electrons. The van der Waals surface area contributed by atoms with Crippen LogP contribution in [0, 0.1) is 12.8 Å². The molecule has 0 bridgehead atoms. The Morgan fingerprint density at radius 3 is 2.16 bits per heavy atom. The monoisotopic (exact) mass is 872 g/mol. The molecule has 0 aliphatic heterocycles. The van der Waals surface area contributed by atoms with Crippen LogP contribution in [0.1, 0.15) is 90.9 Å². The number of unbranched alkanes of at least 4 members (excludes halogenated alkanes) is 3. The molecule has 3 aromatic rings. The number of hydrogen-bond acceptors (Lipinski definition) is 14. The van der Waals surface area contributed by atoms with Gasteiger partial charge in [0.05, 0.1) is 12.7 Å². The van der Waals surface area contributed by atoms with Crippen LogP contribution in [0.25, 0.3) is 0 Å². The van der Waals surface area contributed by atoms with Crippen LogP contribution in [-0.2, 0) is 17.7 Å². The highest BCUT2D eigenvalue weighted by Crippen LogP contribution is 2.21. The summed E-state index contributed by atoms with van der Waals surface area (Å²) in [6.45, 7) is 10.2. The number of hydrogen-bond donors (Lipinski definition) is 9. The minimum Gasteiger partial charge on any atom is -0.444 e. The first-order chi connectivity index (χ1) is 28.8. The molecular formula is C43H65ClN8O9. The number of halogens is 1. The first-order valence-corrected chi connectivity index (χ1v) is 21.0. The molecule has 0 saturated heterocycles. The number of nitrogen functional groups attached to an aromatic ring is 2. The predicted octanol–water partition coefficient (Wildman–Crippen LogP) is 2.68. The van der Waals surface area contributed by atoms with Crippen molar-refractivity contribution in [1.82, 2.24) is 30.4 Å². The molecule has 0 spiro atoms. The maximum absolute atomic E-state index is 13.7. The van der Waals surface area contributed by atoms with Gasteiger partial charge in [0, 0.05) is 44.8 Å². The van der Waals surface area contributed by atoms with E-state index in [1.807, 2.05) is 36.1 Å². The van der Waals surface area contributed by atoms with Gasteiger partial charge in [-0.15, -0.1) is 0 Å². The topological polar surface area (TPSA) is 270 Å². The second-order valence-corrected chi connectivity index (χ2v) is 16.7. The second kappa shape index (κ2) is 24.7. The van der Waals surface area contributed by atoms with E-state index in [0.29, 0.717) is 25.1 Å². The van der Waals surface area contributed by atoms with Gasteiger partial charge in [-0.3, -0.25) is 14.5 Å². The summed E-state index contributed by atoms with van der Waals surface area (Å²) in [4.78, 5) is 51.6. The smallest absolute Gasteiger partial charge is 0.410 e. The normalized spacial score (nSPS) is 14.2. The number of nitrogens with zero attached hydrogens (tertiary/aromatic N) is 4. The fraction of sp³-hybridized carbons (Fsp3) is 0.558. The molecule has 0 aliphatic rings. The number of anilines is 2. The standard InChI is InChI=1S/C43H65ClN8O9/c1-6-7-8-11-19-51(25-32(54)35(56)36(57)33(55)26-53)20-18-47-40(58)30-16-14-28(15-17-30)23-52(42(60)61-43(3,4)5)24-29(21-31-13-10-9-12-27(31)2)22-48-41(59)34-38(45)50-39(46)37(44)49-34/h9-10,12-17,29,32-33,35-36,53-57H,6-8,11,18-26H2,1-5H3,(H,47,58)(H,48,59)(H4,45,46,50)/t29-,32+,33+,35+,36+/m0/s1.